The smallest absolute Gasteiger partial charge is 0.318 e. The maximum Gasteiger partial charge on any atom is 0.318 e. The Morgan fingerprint density at radius 1 is 1.35 bits per heavy atom. The third-order valence-corrected chi connectivity index (χ3v) is 5.33. The molecule has 2 aromatic rings. The molecule has 0 aliphatic carbocycles. The molecule has 1 heterocycles. The number of hydrogen-bond acceptors (Lipinski definition) is 5. The van der Waals surface area contributed by atoms with E-state index in [9.17, 15) is 13.2 Å². The van der Waals surface area contributed by atoms with E-state index in [2.05, 4.69) is 0 Å². The van der Waals surface area contributed by atoms with E-state index in [-0.39, 0.29) is 18.3 Å². The zero-order valence-corrected chi connectivity index (χ0v) is 14.0. The highest BCUT2D eigenvalue weighted by atomic mass is 32.2. The first-order valence-corrected chi connectivity index (χ1v) is 9.29. The Kier molecular flexibility index (Phi) is 5.43. The Hall–Kier alpha value is -1.86. The van der Waals surface area contributed by atoms with Crippen LogP contribution in [0.1, 0.15) is 25.6 Å². The molecular formula is C16H21NO5S. The number of carbonyl (C=O) groups is 1. The van der Waals surface area contributed by atoms with Gasteiger partial charge in [-0.05, 0) is 25.6 Å². The summed E-state index contributed by atoms with van der Waals surface area (Å²) >= 11 is 0. The molecule has 0 aliphatic heterocycles. The van der Waals surface area contributed by atoms with Crippen LogP contribution in [0.3, 0.4) is 0 Å². The second kappa shape index (κ2) is 7.14. The number of aliphatic carboxylic acids is 1. The molecule has 0 radical (unpaired) electrons. The molecule has 1 atom stereocenters. The van der Waals surface area contributed by atoms with Gasteiger partial charge in [-0.3, -0.25) is 9.69 Å². The number of sulfone groups is 1. The van der Waals surface area contributed by atoms with E-state index in [4.69, 9.17) is 9.52 Å². The Morgan fingerprint density at radius 2 is 2.04 bits per heavy atom. The molecule has 7 heteroatoms. The number of para-hydroxylation sites is 1. The lowest BCUT2D eigenvalue weighted by Crippen LogP contribution is -2.33. The van der Waals surface area contributed by atoms with Crippen molar-refractivity contribution in [1.29, 1.82) is 0 Å². The molecule has 1 aromatic heterocycles. The summed E-state index contributed by atoms with van der Waals surface area (Å²) in [6.45, 7) is 4.79. The SMILES string of the molecule is CCN(CCS(=O)(=O)CC(=O)O)C(C)c1cc2ccccc2o1. The highest BCUT2D eigenvalue weighted by molar-refractivity contribution is 7.92. The molecule has 1 unspecified atom stereocenters. The van der Waals surface area contributed by atoms with Crippen LogP contribution in [-0.2, 0) is 14.6 Å². The summed E-state index contributed by atoms with van der Waals surface area (Å²) in [4.78, 5) is 12.5. The van der Waals surface area contributed by atoms with Gasteiger partial charge in [-0.25, -0.2) is 8.42 Å². The zero-order valence-electron chi connectivity index (χ0n) is 13.2. The van der Waals surface area contributed by atoms with E-state index in [1.54, 1.807) is 0 Å². The van der Waals surface area contributed by atoms with Crippen molar-refractivity contribution >= 4 is 26.8 Å². The van der Waals surface area contributed by atoms with E-state index in [0.29, 0.717) is 6.54 Å². The fraction of sp³-hybridized carbons (Fsp3) is 0.438. The van der Waals surface area contributed by atoms with Crippen molar-refractivity contribution in [2.24, 2.45) is 0 Å². The average molecular weight is 339 g/mol. The van der Waals surface area contributed by atoms with Crippen molar-refractivity contribution in [3.8, 4) is 0 Å². The van der Waals surface area contributed by atoms with Gasteiger partial charge < -0.3 is 9.52 Å². The number of hydrogen-bond donors (Lipinski definition) is 1. The van der Waals surface area contributed by atoms with Crippen LogP contribution in [0.4, 0.5) is 0 Å². The molecule has 23 heavy (non-hydrogen) atoms. The van der Waals surface area contributed by atoms with Crippen molar-refractivity contribution in [1.82, 2.24) is 4.90 Å². The normalized spacial score (nSPS) is 13.5. The topological polar surface area (TPSA) is 87.8 Å². The van der Waals surface area contributed by atoms with Gasteiger partial charge in [0, 0.05) is 11.9 Å². The number of benzene rings is 1. The fourth-order valence-corrected chi connectivity index (χ4v) is 3.56. The third kappa shape index (κ3) is 4.56. The molecule has 0 amide bonds. The molecule has 126 valence electrons. The van der Waals surface area contributed by atoms with E-state index >= 15 is 0 Å². The molecular weight excluding hydrogens is 318 g/mol. The minimum Gasteiger partial charge on any atom is -0.480 e. The summed E-state index contributed by atoms with van der Waals surface area (Å²) in [7, 11) is -3.60. The number of carboxylic acids is 1. The van der Waals surface area contributed by atoms with Gasteiger partial charge in [0.1, 0.15) is 17.1 Å². The maximum atomic E-state index is 11.7. The average Bonchev–Trinajstić information content (AvgIpc) is 2.90. The van der Waals surface area contributed by atoms with Crippen molar-refractivity contribution in [2.45, 2.75) is 19.9 Å². The highest BCUT2D eigenvalue weighted by Gasteiger charge is 2.22. The lowest BCUT2D eigenvalue weighted by Gasteiger charge is -2.26. The fourth-order valence-electron chi connectivity index (χ4n) is 2.53. The van der Waals surface area contributed by atoms with Gasteiger partial charge in [0.2, 0.25) is 0 Å². The van der Waals surface area contributed by atoms with Crippen LogP contribution in [0.25, 0.3) is 11.0 Å². The molecule has 1 N–H and O–H groups in total. The molecule has 1 aromatic carbocycles. The number of nitrogens with zero attached hydrogens (tertiary/aromatic N) is 1. The van der Waals surface area contributed by atoms with Crippen LogP contribution >= 0.6 is 0 Å². The maximum absolute atomic E-state index is 11.7. The number of furan rings is 1. The molecule has 0 saturated heterocycles. The van der Waals surface area contributed by atoms with Crippen molar-refractivity contribution in [2.75, 3.05) is 24.6 Å². The Morgan fingerprint density at radius 3 is 2.65 bits per heavy atom. The van der Waals surface area contributed by atoms with Crippen molar-refractivity contribution < 1.29 is 22.7 Å². The van der Waals surface area contributed by atoms with Crippen LogP contribution in [0.15, 0.2) is 34.7 Å². The zero-order chi connectivity index (χ0) is 17.0. The van der Waals surface area contributed by atoms with Crippen LogP contribution in [0.2, 0.25) is 0 Å². The second-order valence-electron chi connectivity index (χ2n) is 5.48. The van der Waals surface area contributed by atoms with Gasteiger partial charge in [0.05, 0.1) is 11.8 Å². The lowest BCUT2D eigenvalue weighted by atomic mass is 10.2. The van der Waals surface area contributed by atoms with Gasteiger partial charge in [-0.15, -0.1) is 0 Å². The molecule has 0 aliphatic rings. The van der Waals surface area contributed by atoms with Crippen LogP contribution in [0, 0.1) is 0 Å². The second-order valence-corrected chi connectivity index (χ2v) is 7.66. The van der Waals surface area contributed by atoms with Crippen LogP contribution in [-0.4, -0.2) is 49.0 Å². The van der Waals surface area contributed by atoms with E-state index < -0.39 is 21.6 Å². The molecule has 0 saturated carbocycles. The monoisotopic (exact) mass is 339 g/mol. The van der Waals surface area contributed by atoms with E-state index in [1.807, 2.05) is 49.1 Å². The summed E-state index contributed by atoms with van der Waals surface area (Å²) in [5.74, 6) is -1.57. The number of fused-ring (bicyclic) bond motifs is 1. The Bertz CT molecular complexity index is 748. The summed E-state index contributed by atoms with van der Waals surface area (Å²) in [6.07, 6.45) is 0. The summed E-state index contributed by atoms with van der Waals surface area (Å²) in [5, 5.41) is 9.64. The Labute approximate surface area is 135 Å². The van der Waals surface area contributed by atoms with Gasteiger partial charge >= 0.3 is 5.97 Å². The standard InChI is InChI=1S/C16H21NO5S/c1-3-17(8-9-23(20,21)11-16(18)19)12(2)15-10-13-6-4-5-7-14(13)22-15/h4-7,10,12H,3,8-9,11H2,1-2H3,(H,18,19). The summed E-state index contributed by atoms with van der Waals surface area (Å²) < 4.78 is 29.3. The first kappa shape index (κ1) is 17.5. The predicted molar refractivity (Wildman–Crippen MR) is 88.2 cm³/mol. The van der Waals surface area contributed by atoms with Gasteiger partial charge in [0.25, 0.3) is 0 Å². The molecule has 0 fully saturated rings. The van der Waals surface area contributed by atoms with Crippen LogP contribution in [0.5, 0.6) is 0 Å². The molecule has 2 rings (SSSR count). The molecule has 0 bridgehead atoms. The van der Waals surface area contributed by atoms with Crippen molar-refractivity contribution in [3.05, 3.63) is 36.1 Å². The molecule has 6 nitrogen and oxygen atoms in total. The van der Waals surface area contributed by atoms with Crippen LogP contribution < -0.4 is 0 Å². The van der Waals surface area contributed by atoms with Crippen molar-refractivity contribution in [3.63, 3.8) is 0 Å². The highest BCUT2D eigenvalue weighted by Crippen LogP contribution is 2.27. The van der Waals surface area contributed by atoms with Gasteiger partial charge in [-0.2, -0.15) is 0 Å². The summed E-state index contributed by atoms with van der Waals surface area (Å²) in [5.41, 5.74) is 0.795. The summed E-state index contributed by atoms with van der Waals surface area (Å²) in [6, 6.07) is 9.54. The third-order valence-electron chi connectivity index (χ3n) is 3.84. The first-order chi connectivity index (χ1) is 10.8. The minimum atomic E-state index is -3.60. The predicted octanol–water partition coefficient (Wildman–Crippen LogP) is 2.32. The largest absolute Gasteiger partial charge is 0.480 e. The number of rotatable bonds is 8. The van der Waals surface area contributed by atoms with E-state index in [1.165, 1.54) is 0 Å². The van der Waals surface area contributed by atoms with Gasteiger partial charge in [-0.1, -0.05) is 25.1 Å². The quantitative estimate of drug-likeness (QED) is 0.794. The number of carboxylic acid groups (broad SMARTS) is 1. The Balaban J connectivity index is 2.09. The van der Waals surface area contributed by atoms with E-state index in [0.717, 1.165) is 16.7 Å². The van der Waals surface area contributed by atoms with Gasteiger partial charge in [0.15, 0.2) is 9.84 Å². The molecule has 0 spiro atoms. The first-order valence-electron chi connectivity index (χ1n) is 7.47. The minimum absolute atomic E-state index is 0.0903. The lowest BCUT2D eigenvalue weighted by molar-refractivity contribution is -0.134.